The van der Waals surface area contributed by atoms with Gasteiger partial charge in [0.15, 0.2) is 9.84 Å². The Morgan fingerprint density at radius 1 is 1.30 bits per heavy atom. The number of hydrogen-bond acceptors (Lipinski definition) is 5. The molecular weight excluding hydrogens is 322 g/mol. The first kappa shape index (κ1) is 15.7. The zero-order valence-corrected chi connectivity index (χ0v) is 13.0. The van der Waals surface area contributed by atoms with Crippen molar-refractivity contribution in [3.63, 3.8) is 0 Å². The predicted molar refractivity (Wildman–Crippen MR) is 83.0 cm³/mol. The third-order valence-corrected chi connectivity index (χ3v) is 7.07. The van der Waals surface area contributed by atoms with E-state index in [0.29, 0.717) is 24.0 Å². The molecule has 122 valence electrons. The second-order valence-electron chi connectivity index (χ2n) is 5.87. The maximum absolute atomic E-state index is 12.3. The summed E-state index contributed by atoms with van der Waals surface area (Å²) in [6.07, 6.45) is 3.78. The molecule has 0 aromatic heterocycles. The normalized spacial score (nSPS) is 25.5. The highest BCUT2D eigenvalue weighted by molar-refractivity contribution is 7.93. The van der Waals surface area contributed by atoms with E-state index >= 15 is 0 Å². The fraction of sp³-hybridized carbons (Fsp3) is 0.400. The lowest BCUT2D eigenvalue weighted by atomic mass is 9.92. The van der Waals surface area contributed by atoms with E-state index in [0.717, 1.165) is 12.5 Å². The Bertz CT molecular complexity index is 826. The van der Waals surface area contributed by atoms with Crippen molar-refractivity contribution in [2.75, 3.05) is 0 Å². The summed E-state index contributed by atoms with van der Waals surface area (Å²) in [7, 11) is -3.20. The second kappa shape index (κ2) is 5.45. The largest absolute Gasteiger partial charge is 0.478 e. The van der Waals surface area contributed by atoms with Gasteiger partial charge < -0.3 is 5.11 Å². The third-order valence-electron chi connectivity index (χ3n) is 4.52. The zero-order chi connectivity index (χ0) is 16.8. The number of carboxylic acid groups (broad SMARTS) is 1. The van der Waals surface area contributed by atoms with Crippen LogP contribution in [0.15, 0.2) is 24.3 Å². The van der Waals surface area contributed by atoms with Crippen molar-refractivity contribution in [1.82, 2.24) is 0 Å². The number of benzene rings is 1. The molecule has 0 radical (unpaired) electrons. The molecule has 1 aromatic rings. The van der Waals surface area contributed by atoms with Crippen LogP contribution in [0.5, 0.6) is 0 Å². The van der Waals surface area contributed by atoms with Gasteiger partial charge in [0.05, 0.1) is 26.6 Å². The van der Waals surface area contributed by atoms with Crippen LogP contribution in [-0.2, 0) is 9.84 Å². The summed E-state index contributed by atoms with van der Waals surface area (Å²) in [5, 5.41) is 19.2. The minimum absolute atomic E-state index is 0.162. The molecule has 2 unspecified atom stereocenters. The lowest BCUT2D eigenvalue weighted by Crippen LogP contribution is -2.38. The van der Waals surface area contributed by atoms with Crippen LogP contribution in [0.3, 0.4) is 0 Å². The van der Waals surface area contributed by atoms with Gasteiger partial charge in [-0.25, -0.2) is 13.2 Å². The molecule has 2 bridgehead atoms. The Morgan fingerprint density at radius 3 is 2.65 bits per heavy atom. The van der Waals surface area contributed by atoms with Gasteiger partial charge in [-0.05, 0) is 37.0 Å². The first-order chi connectivity index (χ1) is 10.8. The van der Waals surface area contributed by atoms with Crippen molar-refractivity contribution >= 4 is 27.1 Å². The monoisotopic (exact) mass is 337 g/mol. The summed E-state index contributed by atoms with van der Waals surface area (Å²) in [6, 6.07) is 3.74. The van der Waals surface area contributed by atoms with Crippen LogP contribution in [0.1, 0.15) is 41.6 Å². The van der Waals surface area contributed by atoms with Crippen LogP contribution in [0.4, 0.5) is 5.69 Å². The Kier molecular flexibility index (Phi) is 3.71. The molecule has 2 aliphatic heterocycles. The molecule has 23 heavy (non-hydrogen) atoms. The number of nitro groups is 1. The molecule has 0 amide bonds. The average Bonchev–Trinajstić information content (AvgIpc) is 2.45. The fourth-order valence-electron chi connectivity index (χ4n) is 3.34. The molecule has 0 spiro atoms. The molecule has 2 heterocycles. The Morgan fingerprint density at radius 2 is 2.04 bits per heavy atom. The minimum Gasteiger partial charge on any atom is -0.478 e. The minimum atomic E-state index is -3.20. The SMILES string of the molecule is O=C(O)c1ccc(C2=CC3CCCC(C2)S3(=O)=O)c([N+](=O)[O-])c1. The number of carboxylic acids is 1. The summed E-state index contributed by atoms with van der Waals surface area (Å²) < 4.78 is 24.6. The maximum atomic E-state index is 12.3. The Hall–Kier alpha value is -2.22. The second-order valence-corrected chi connectivity index (χ2v) is 8.32. The van der Waals surface area contributed by atoms with Gasteiger partial charge in [0, 0.05) is 6.07 Å². The van der Waals surface area contributed by atoms with Gasteiger partial charge >= 0.3 is 5.97 Å². The van der Waals surface area contributed by atoms with Gasteiger partial charge in [0.2, 0.25) is 0 Å². The molecule has 2 atom stereocenters. The number of rotatable bonds is 3. The molecule has 1 fully saturated rings. The summed E-state index contributed by atoms with van der Waals surface area (Å²) >= 11 is 0. The molecule has 1 saturated heterocycles. The molecule has 0 saturated carbocycles. The van der Waals surface area contributed by atoms with E-state index in [4.69, 9.17) is 5.11 Å². The van der Waals surface area contributed by atoms with Crippen LogP contribution >= 0.6 is 0 Å². The van der Waals surface area contributed by atoms with Crippen LogP contribution in [0.25, 0.3) is 5.57 Å². The number of nitrogens with zero attached hydrogens (tertiary/aromatic N) is 1. The Balaban J connectivity index is 2.11. The lowest BCUT2D eigenvalue weighted by Gasteiger charge is -2.33. The van der Waals surface area contributed by atoms with Gasteiger partial charge in [0.25, 0.3) is 5.69 Å². The maximum Gasteiger partial charge on any atom is 0.335 e. The molecule has 2 aliphatic rings. The summed E-state index contributed by atoms with van der Waals surface area (Å²) in [4.78, 5) is 21.6. The number of fused-ring (bicyclic) bond motifs is 2. The Labute approximate surface area is 132 Å². The van der Waals surface area contributed by atoms with Crippen LogP contribution in [-0.4, -0.2) is 34.9 Å². The summed E-state index contributed by atoms with van der Waals surface area (Å²) in [5.74, 6) is -1.24. The van der Waals surface area contributed by atoms with Gasteiger partial charge in [0.1, 0.15) is 0 Å². The first-order valence-corrected chi connectivity index (χ1v) is 8.87. The topological polar surface area (TPSA) is 115 Å². The van der Waals surface area contributed by atoms with Crippen molar-refractivity contribution in [2.45, 2.75) is 36.2 Å². The molecule has 7 nitrogen and oxygen atoms in total. The number of hydrogen-bond donors (Lipinski definition) is 1. The molecular formula is C15H15NO6S. The first-order valence-electron chi connectivity index (χ1n) is 7.26. The lowest BCUT2D eigenvalue weighted by molar-refractivity contribution is -0.385. The van der Waals surface area contributed by atoms with Crippen LogP contribution in [0.2, 0.25) is 0 Å². The van der Waals surface area contributed by atoms with E-state index in [1.54, 1.807) is 6.08 Å². The van der Waals surface area contributed by atoms with E-state index in [2.05, 4.69) is 0 Å². The van der Waals surface area contributed by atoms with E-state index in [1.165, 1.54) is 12.1 Å². The third kappa shape index (κ3) is 2.63. The fourth-order valence-corrected chi connectivity index (χ4v) is 5.59. The molecule has 3 rings (SSSR count). The van der Waals surface area contributed by atoms with Gasteiger partial charge in [-0.2, -0.15) is 0 Å². The van der Waals surface area contributed by atoms with Crippen LogP contribution in [0, 0.1) is 10.1 Å². The van der Waals surface area contributed by atoms with E-state index < -0.39 is 31.2 Å². The van der Waals surface area contributed by atoms with E-state index in [9.17, 15) is 23.3 Å². The molecule has 1 N–H and O–H groups in total. The molecule has 8 heteroatoms. The number of aromatic carboxylic acids is 1. The zero-order valence-electron chi connectivity index (χ0n) is 12.1. The van der Waals surface area contributed by atoms with Crippen molar-refractivity contribution in [1.29, 1.82) is 0 Å². The summed E-state index contributed by atoms with van der Waals surface area (Å²) in [6.45, 7) is 0. The van der Waals surface area contributed by atoms with E-state index in [1.807, 2.05) is 0 Å². The van der Waals surface area contributed by atoms with Gasteiger partial charge in [-0.3, -0.25) is 10.1 Å². The molecule has 1 aromatic carbocycles. The standard InChI is InChI=1S/C15H15NO6S/c17-15(18)9-4-5-13(14(8-9)16(19)20)10-6-11-2-1-3-12(7-10)23(11,21)22/h4-6,8,11-12H,1-3,7H2,(H,17,18). The van der Waals surface area contributed by atoms with Crippen molar-refractivity contribution < 1.29 is 23.2 Å². The van der Waals surface area contributed by atoms with E-state index in [-0.39, 0.29) is 17.7 Å². The number of nitro benzene ring substituents is 1. The highest BCUT2D eigenvalue weighted by Crippen LogP contribution is 2.41. The average molecular weight is 337 g/mol. The van der Waals surface area contributed by atoms with Crippen LogP contribution < -0.4 is 0 Å². The van der Waals surface area contributed by atoms with Crippen molar-refractivity contribution in [3.8, 4) is 0 Å². The number of carbonyl (C=O) groups is 1. The van der Waals surface area contributed by atoms with Crippen molar-refractivity contribution in [2.24, 2.45) is 0 Å². The number of sulfone groups is 1. The smallest absolute Gasteiger partial charge is 0.335 e. The number of allylic oxidation sites excluding steroid dienone is 1. The van der Waals surface area contributed by atoms with Crippen molar-refractivity contribution in [3.05, 3.63) is 45.5 Å². The summed E-state index contributed by atoms with van der Waals surface area (Å²) in [5.41, 5.74) is 0.475. The highest BCUT2D eigenvalue weighted by atomic mass is 32.2. The molecule has 0 aliphatic carbocycles. The highest BCUT2D eigenvalue weighted by Gasteiger charge is 2.41. The predicted octanol–water partition coefficient (Wildman–Crippen LogP) is 2.42. The van der Waals surface area contributed by atoms with Gasteiger partial charge in [-0.1, -0.05) is 12.5 Å². The quantitative estimate of drug-likeness (QED) is 0.669. The van der Waals surface area contributed by atoms with Gasteiger partial charge in [-0.15, -0.1) is 0 Å².